The van der Waals surface area contributed by atoms with Gasteiger partial charge in [-0.2, -0.15) is 13.2 Å². The summed E-state index contributed by atoms with van der Waals surface area (Å²) in [6.07, 6.45) is -1.92. The second kappa shape index (κ2) is 5.99. The molecule has 0 spiro atoms. The maximum atomic E-state index is 12.8. The third-order valence-corrected chi connectivity index (χ3v) is 5.76. The van der Waals surface area contributed by atoms with E-state index in [0.29, 0.717) is 18.9 Å². The van der Waals surface area contributed by atoms with E-state index >= 15 is 0 Å². The van der Waals surface area contributed by atoms with Crippen molar-refractivity contribution >= 4 is 21.6 Å². The van der Waals surface area contributed by atoms with Gasteiger partial charge in [0.15, 0.2) is 0 Å². The third-order valence-electron chi connectivity index (χ3n) is 3.86. The quantitative estimate of drug-likeness (QED) is 0.871. The average molecular weight is 357 g/mol. The number of rotatable bonds is 4. The van der Waals surface area contributed by atoms with E-state index < -0.39 is 37.2 Å². The van der Waals surface area contributed by atoms with Crippen molar-refractivity contribution in [3.8, 4) is 0 Å². The summed E-state index contributed by atoms with van der Waals surface area (Å²) in [7, 11) is -4.10. The molecule has 1 saturated carbocycles. The van der Waals surface area contributed by atoms with Crippen LogP contribution in [0.3, 0.4) is 0 Å². The predicted octanol–water partition coefficient (Wildman–Crippen LogP) is 2.91. The fourth-order valence-electron chi connectivity index (χ4n) is 2.63. The third kappa shape index (κ3) is 3.56. The van der Waals surface area contributed by atoms with Crippen molar-refractivity contribution in [3.63, 3.8) is 0 Å². The summed E-state index contributed by atoms with van der Waals surface area (Å²) in [5, 5.41) is -0.541. The van der Waals surface area contributed by atoms with Crippen LogP contribution in [0.2, 0.25) is 5.02 Å². The average Bonchev–Trinajstić information content (AvgIpc) is 2.86. The lowest BCUT2D eigenvalue weighted by molar-refractivity contribution is -0.137. The summed E-state index contributed by atoms with van der Waals surface area (Å²) in [4.78, 5) is -0.469. The molecule has 1 fully saturated rings. The van der Waals surface area contributed by atoms with Crippen LogP contribution in [0.15, 0.2) is 23.1 Å². The zero-order valence-corrected chi connectivity index (χ0v) is 13.2. The van der Waals surface area contributed by atoms with Crippen molar-refractivity contribution in [2.75, 3.05) is 6.54 Å². The number of hydrogen-bond donors (Lipinski definition) is 2. The summed E-state index contributed by atoms with van der Waals surface area (Å²) >= 11 is 5.50. The van der Waals surface area contributed by atoms with Gasteiger partial charge in [0.25, 0.3) is 0 Å². The highest BCUT2D eigenvalue weighted by molar-refractivity contribution is 7.89. The highest BCUT2D eigenvalue weighted by Crippen LogP contribution is 2.36. The minimum atomic E-state index is -4.72. The van der Waals surface area contributed by atoms with Gasteiger partial charge in [-0.05, 0) is 31.0 Å². The Morgan fingerprint density at radius 2 is 1.86 bits per heavy atom. The number of hydrogen-bond acceptors (Lipinski definition) is 3. The maximum Gasteiger partial charge on any atom is 0.417 e. The summed E-state index contributed by atoms with van der Waals surface area (Å²) in [5.74, 6) is 0. The van der Waals surface area contributed by atoms with Crippen LogP contribution in [-0.4, -0.2) is 20.5 Å². The first kappa shape index (κ1) is 17.5. The van der Waals surface area contributed by atoms with Gasteiger partial charge in [0.05, 0.1) is 15.5 Å². The molecule has 0 atom stereocenters. The van der Waals surface area contributed by atoms with Crippen LogP contribution in [0.1, 0.15) is 31.2 Å². The molecule has 0 aromatic heterocycles. The molecule has 1 aliphatic rings. The second-order valence-corrected chi connectivity index (χ2v) is 7.53. The molecule has 1 aliphatic carbocycles. The number of alkyl halides is 3. The van der Waals surface area contributed by atoms with Gasteiger partial charge in [-0.15, -0.1) is 0 Å². The number of nitrogens with one attached hydrogen (secondary N) is 1. The summed E-state index contributed by atoms with van der Waals surface area (Å²) < 4.78 is 65.7. The summed E-state index contributed by atoms with van der Waals surface area (Å²) in [6.45, 7) is 0.103. The molecule has 4 nitrogen and oxygen atoms in total. The maximum absolute atomic E-state index is 12.8. The van der Waals surface area contributed by atoms with Gasteiger partial charge < -0.3 is 5.73 Å². The van der Waals surface area contributed by atoms with E-state index in [1.54, 1.807) is 0 Å². The van der Waals surface area contributed by atoms with Gasteiger partial charge in [0, 0.05) is 12.1 Å². The lowest BCUT2D eigenvalue weighted by Crippen LogP contribution is -2.51. The first-order valence-corrected chi connectivity index (χ1v) is 8.57. The van der Waals surface area contributed by atoms with Gasteiger partial charge in [0.2, 0.25) is 10.0 Å². The van der Waals surface area contributed by atoms with Crippen LogP contribution in [0.4, 0.5) is 13.2 Å². The fraction of sp³-hybridized carbons (Fsp3) is 0.538. The summed E-state index contributed by atoms with van der Waals surface area (Å²) in [6, 6.07) is 2.53. The minimum Gasteiger partial charge on any atom is -0.329 e. The largest absolute Gasteiger partial charge is 0.417 e. The molecule has 3 N–H and O–H groups in total. The van der Waals surface area contributed by atoms with E-state index in [4.69, 9.17) is 17.3 Å². The molecule has 1 aromatic carbocycles. The molecule has 22 heavy (non-hydrogen) atoms. The van der Waals surface area contributed by atoms with Crippen molar-refractivity contribution in [1.82, 2.24) is 4.72 Å². The predicted molar refractivity (Wildman–Crippen MR) is 77.0 cm³/mol. The lowest BCUT2D eigenvalue weighted by atomic mass is 10.0. The SMILES string of the molecule is NCC1(NS(=O)(=O)c2ccc(Cl)c(C(F)(F)F)c2)CCCC1. The van der Waals surface area contributed by atoms with Crippen LogP contribution < -0.4 is 10.5 Å². The second-order valence-electron chi connectivity index (χ2n) is 5.44. The van der Waals surface area contributed by atoms with Crippen LogP contribution in [-0.2, 0) is 16.2 Å². The Balaban J connectivity index is 2.38. The van der Waals surface area contributed by atoms with E-state index in [9.17, 15) is 21.6 Å². The highest BCUT2D eigenvalue weighted by Gasteiger charge is 2.38. The fourth-order valence-corrected chi connectivity index (χ4v) is 4.35. The van der Waals surface area contributed by atoms with Crippen LogP contribution in [0.25, 0.3) is 0 Å². The van der Waals surface area contributed by atoms with E-state index in [2.05, 4.69) is 4.72 Å². The van der Waals surface area contributed by atoms with E-state index in [1.807, 2.05) is 0 Å². The molecule has 0 amide bonds. The van der Waals surface area contributed by atoms with Crippen LogP contribution in [0, 0.1) is 0 Å². The molecular weight excluding hydrogens is 341 g/mol. The van der Waals surface area contributed by atoms with Gasteiger partial charge in [-0.25, -0.2) is 13.1 Å². The number of benzene rings is 1. The van der Waals surface area contributed by atoms with Crippen molar-refractivity contribution in [3.05, 3.63) is 28.8 Å². The van der Waals surface area contributed by atoms with E-state index in [0.717, 1.165) is 25.0 Å². The van der Waals surface area contributed by atoms with Crippen molar-refractivity contribution in [2.45, 2.75) is 42.3 Å². The van der Waals surface area contributed by atoms with E-state index in [1.165, 1.54) is 0 Å². The normalized spacial score (nSPS) is 18.6. The first-order valence-electron chi connectivity index (χ1n) is 6.70. The molecular formula is C13H16ClF3N2O2S. The zero-order chi connectivity index (χ0) is 16.6. The molecule has 2 rings (SSSR count). The van der Waals surface area contributed by atoms with Crippen molar-refractivity contribution in [2.24, 2.45) is 5.73 Å². The summed E-state index contributed by atoms with van der Waals surface area (Å²) in [5.41, 5.74) is 3.69. The molecule has 0 saturated heterocycles. The number of nitrogens with two attached hydrogens (primary N) is 1. The Kier molecular flexibility index (Phi) is 4.77. The van der Waals surface area contributed by atoms with E-state index in [-0.39, 0.29) is 6.54 Å². The van der Waals surface area contributed by atoms with Gasteiger partial charge in [0.1, 0.15) is 0 Å². The zero-order valence-electron chi connectivity index (χ0n) is 11.6. The number of sulfonamides is 1. The van der Waals surface area contributed by atoms with Gasteiger partial charge >= 0.3 is 6.18 Å². The topological polar surface area (TPSA) is 72.2 Å². The van der Waals surface area contributed by atoms with Gasteiger partial charge in [-0.1, -0.05) is 24.4 Å². The van der Waals surface area contributed by atoms with Crippen LogP contribution in [0.5, 0.6) is 0 Å². The Bertz CT molecular complexity index is 656. The van der Waals surface area contributed by atoms with Gasteiger partial charge in [-0.3, -0.25) is 0 Å². The Hall–Kier alpha value is -0.830. The monoisotopic (exact) mass is 356 g/mol. The molecule has 0 unspecified atom stereocenters. The Morgan fingerprint density at radius 1 is 1.27 bits per heavy atom. The lowest BCUT2D eigenvalue weighted by Gasteiger charge is -2.28. The van der Waals surface area contributed by atoms with Crippen LogP contribution >= 0.6 is 11.6 Å². The molecule has 0 bridgehead atoms. The first-order chi connectivity index (χ1) is 10.1. The minimum absolute atomic E-state index is 0.103. The smallest absolute Gasteiger partial charge is 0.329 e. The molecule has 0 heterocycles. The molecule has 1 aromatic rings. The standard InChI is InChI=1S/C13H16ClF3N2O2S/c14-11-4-3-9(7-10(11)13(15,16)17)22(20,21)19-12(8-18)5-1-2-6-12/h3-4,7,19H,1-2,5-6,8,18H2. The van der Waals surface area contributed by atoms with Crippen molar-refractivity contribution < 1.29 is 21.6 Å². The molecule has 0 aliphatic heterocycles. The number of halogens is 4. The Labute approximate surface area is 131 Å². The molecule has 0 radical (unpaired) electrons. The van der Waals surface area contributed by atoms with Crippen molar-refractivity contribution in [1.29, 1.82) is 0 Å². The highest BCUT2D eigenvalue weighted by atomic mass is 35.5. The molecule has 124 valence electrons. The Morgan fingerprint density at radius 3 is 2.36 bits per heavy atom. The molecule has 9 heteroatoms.